The standard InChI is InChI=1S/C18H23F2N3OS.ClH/c1-12(24)23(16-9-8-13(19)10-15(16)20)17-11-25-18(22(17)2)21-14-6-4-3-5-7-14;/h8-10,14,17H,3-7,11H2,1-2H3;1H. The zero-order valence-electron chi connectivity index (χ0n) is 15.0. The van der Waals surface area contributed by atoms with Crippen molar-refractivity contribution in [3.05, 3.63) is 29.8 Å². The van der Waals surface area contributed by atoms with Gasteiger partial charge in [-0.1, -0.05) is 31.0 Å². The van der Waals surface area contributed by atoms with Gasteiger partial charge in [-0.2, -0.15) is 0 Å². The minimum atomic E-state index is -0.730. The molecular formula is C18H24ClF2N3OS. The molecule has 1 aromatic carbocycles. The molecule has 1 saturated heterocycles. The first-order valence-corrected chi connectivity index (χ1v) is 9.64. The molecule has 26 heavy (non-hydrogen) atoms. The molecule has 1 amide bonds. The Morgan fingerprint density at radius 1 is 1.27 bits per heavy atom. The van der Waals surface area contributed by atoms with Crippen LogP contribution in [-0.4, -0.2) is 41.0 Å². The summed E-state index contributed by atoms with van der Waals surface area (Å²) in [5.74, 6) is -1.05. The summed E-state index contributed by atoms with van der Waals surface area (Å²) < 4.78 is 27.4. The number of halogens is 3. The summed E-state index contributed by atoms with van der Waals surface area (Å²) in [6.07, 6.45) is 5.57. The SMILES string of the molecule is CC(=O)N(c1ccc(F)cc1F)C1CSC(=NC2CCCCC2)N1C.Cl. The van der Waals surface area contributed by atoms with Gasteiger partial charge in [-0.15, -0.1) is 12.4 Å². The second-order valence-corrected chi connectivity index (χ2v) is 7.58. The van der Waals surface area contributed by atoms with E-state index in [1.165, 1.54) is 43.2 Å². The molecule has 2 aliphatic rings. The first-order valence-electron chi connectivity index (χ1n) is 8.65. The fourth-order valence-corrected chi connectivity index (χ4v) is 4.67. The maximum absolute atomic E-state index is 14.2. The van der Waals surface area contributed by atoms with Gasteiger partial charge in [-0.3, -0.25) is 14.7 Å². The molecule has 1 atom stereocenters. The van der Waals surface area contributed by atoms with Gasteiger partial charge in [0.15, 0.2) is 5.17 Å². The van der Waals surface area contributed by atoms with E-state index in [0.717, 1.165) is 24.1 Å². The lowest BCUT2D eigenvalue weighted by Gasteiger charge is -2.33. The molecule has 1 aromatic rings. The van der Waals surface area contributed by atoms with Crippen LogP contribution in [0, 0.1) is 11.6 Å². The van der Waals surface area contributed by atoms with Crippen LogP contribution >= 0.6 is 24.2 Å². The predicted molar refractivity (Wildman–Crippen MR) is 105 cm³/mol. The zero-order valence-corrected chi connectivity index (χ0v) is 16.6. The summed E-state index contributed by atoms with van der Waals surface area (Å²) in [6.45, 7) is 1.40. The summed E-state index contributed by atoms with van der Waals surface area (Å²) in [4.78, 5) is 20.4. The molecule has 3 rings (SSSR count). The average Bonchev–Trinajstić information content (AvgIpc) is 2.92. The van der Waals surface area contributed by atoms with Crippen molar-refractivity contribution < 1.29 is 13.6 Å². The Bertz CT molecular complexity index is 682. The van der Waals surface area contributed by atoms with E-state index in [9.17, 15) is 13.6 Å². The maximum Gasteiger partial charge on any atom is 0.225 e. The van der Waals surface area contributed by atoms with Gasteiger partial charge < -0.3 is 4.90 Å². The largest absolute Gasteiger partial charge is 0.333 e. The molecule has 144 valence electrons. The number of carbonyl (C=O) groups is 1. The number of amidine groups is 1. The molecule has 0 spiro atoms. The van der Waals surface area contributed by atoms with Crippen LogP contribution in [0.15, 0.2) is 23.2 Å². The maximum atomic E-state index is 14.2. The van der Waals surface area contributed by atoms with Crippen molar-refractivity contribution in [1.29, 1.82) is 0 Å². The number of hydrogen-bond acceptors (Lipinski definition) is 3. The average molecular weight is 404 g/mol. The molecule has 8 heteroatoms. The highest BCUT2D eigenvalue weighted by Crippen LogP contribution is 2.32. The Kier molecular flexibility index (Phi) is 7.29. The van der Waals surface area contributed by atoms with Gasteiger partial charge >= 0.3 is 0 Å². The predicted octanol–water partition coefficient (Wildman–Crippen LogP) is 4.43. The van der Waals surface area contributed by atoms with Gasteiger partial charge in [0, 0.05) is 25.8 Å². The van der Waals surface area contributed by atoms with Gasteiger partial charge in [0.25, 0.3) is 0 Å². The van der Waals surface area contributed by atoms with Crippen molar-refractivity contribution in [3.8, 4) is 0 Å². The molecule has 0 N–H and O–H groups in total. The number of benzene rings is 1. The van der Waals surface area contributed by atoms with Crippen LogP contribution in [0.1, 0.15) is 39.0 Å². The van der Waals surface area contributed by atoms with Crippen molar-refractivity contribution in [3.63, 3.8) is 0 Å². The van der Waals surface area contributed by atoms with Crippen LogP contribution < -0.4 is 4.90 Å². The summed E-state index contributed by atoms with van der Waals surface area (Å²) in [5, 5.41) is 0.894. The topological polar surface area (TPSA) is 35.9 Å². The highest BCUT2D eigenvalue weighted by Gasteiger charge is 2.36. The van der Waals surface area contributed by atoms with Gasteiger partial charge in [0.05, 0.1) is 11.7 Å². The minimum absolute atomic E-state index is 0. The van der Waals surface area contributed by atoms with Crippen LogP contribution in [-0.2, 0) is 4.79 Å². The van der Waals surface area contributed by atoms with E-state index in [-0.39, 0.29) is 30.2 Å². The first kappa shape index (κ1) is 21.0. The Morgan fingerprint density at radius 3 is 2.58 bits per heavy atom. The van der Waals surface area contributed by atoms with Gasteiger partial charge in [0.1, 0.15) is 17.8 Å². The molecule has 1 aliphatic carbocycles. The van der Waals surface area contributed by atoms with Gasteiger partial charge in [0.2, 0.25) is 5.91 Å². The minimum Gasteiger partial charge on any atom is -0.333 e. The zero-order chi connectivity index (χ0) is 18.0. The molecule has 1 unspecified atom stereocenters. The van der Waals surface area contributed by atoms with E-state index in [1.807, 2.05) is 11.9 Å². The van der Waals surface area contributed by atoms with Crippen molar-refractivity contribution in [1.82, 2.24) is 4.90 Å². The van der Waals surface area contributed by atoms with E-state index < -0.39 is 11.6 Å². The number of hydrogen-bond donors (Lipinski definition) is 0. The lowest BCUT2D eigenvalue weighted by atomic mass is 9.96. The first-order chi connectivity index (χ1) is 12.0. The van der Waals surface area contributed by atoms with Crippen molar-refractivity contribution in [2.24, 2.45) is 4.99 Å². The molecule has 4 nitrogen and oxygen atoms in total. The fraction of sp³-hybridized carbons (Fsp3) is 0.556. The number of carbonyl (C=O) groups excluding carboxylic acids is 1. The quantitative estimate of drug-likeness (QED) is 0.748. The van der Waals surface area contributed by atoms with E-state index in [4.69, 9.17) is 4.99 Å². The number of thioether (sulfide) groups is 1. The van der Waals surface area contributed by atoms with Crippen LogP contribution in [0.2, 0.25) is 0 Å². The lowest BCUT2D eigenvalue weighted by Crippen LogP contribution is -2.48. The number of aliphatic imine (C=N–C) groups is 1. The summed E-state index contributed by atoms with van der Waals surface area (Å²) in [5.41, 5.74) is 0.102. The third-order valence-corrected chi connectivity index (χ3v) is 5.90. The summed E-state index contributed by atoms with van der Waals surface area (Å²) in [6, 6.07) is 3.64. The van der Waals surface area contributed by atoms with Crippen LogP contribution in [0.3, 0.4) is 0 Å². The highest BCUT2D eigenvalue weighted by molar-refractivity contribution is 8.14. The molecule has 0 bridgehead atoms. The summed E-state index contributed by atoms with van der Waals surface area (Å²) >= 11 is 1.59. The molecule has 1 saturated carbocycles. The molecule has 1 heterocycles. The number of nitrogens with zero attached hydrogens (tertiary/aromatic N) is 3. The van der Waals surface area contributed by atoms with E-state index >= 15 is 0 Å². The monoisotopic (exact) mass is 403 g/mol. The number of amides is 1. The Morgan fingerprint density at radius 2 is 1.96 bits per heavy atom. The third-order valence-electron chi connectivity index (χ3n) is 4.78. The van der Waals surface area contributed by atoms with Crippen LogP contribution in [0.5, 0.6) is 0 Å². The van der Waals surface area contributed by atoms with Crippen molar-refractivity contribution in [2.75, 3.05) is 17.7 Å². The molecule has 2 fully saturated rings. The summed E-state index contributed by atoms with van der Waals surface area (Å²) in [7, 11) is 1.88. The molecule has 0 aromatic heterocycles. The normalized spacial score (nSPS) is 22.4. The van der Waals surface area contributed by atoms with Crippen molar-refractivity contribution >= 4 is 40.9 Å². The second-order valence-electron chi connectivity index (χ2n) is 6.59. The van der Waals surface area contributed by atoms with Crippen molar-refractivity contribution in [2.45, 2.75) is 51.2 Å². The second kappa shape index (κ2) is 9.04. The number of rotatable bonds is 3. The third kappa shape index (κ3) is 4.49. The lowest BCUT2D eigenvalue weighted by molar-refractivity contribution is -0.117. The van der Waals surface area contributed by atoms with Crippen LogP contribution in [0.4, 0.5) is 14.5 Å². The Labute approximate surface area is 163 Å². The number of anilines is 1. The molecular weight excluding hydrogens is 380 g/mol. The van der Waals surface area contributed by atoms with E-state index in [1.54, 1.807) is 11.8 Å². The van der Waals surface area contributed by atoms with E-state index in [2.05, 4.69) is 0 Å². The van der Waals surface area contributed by atoms with Gasteiger partial charge in [-0.05, 0) is 25.0 Å². The Balaban J connectivity index is 0.00000243. The molecule has 1 aliphatic heterocycles. The fourth-order valence-electron chi connectivity index (χ4n) is 3.45. The van der Waals surface area contributed by atoms with E-state index in [0.29, 0.717) is 11.8 Å². The van der Waals surface area contributed by atoms with Gasteiger partial charge in [-0.25, -0.2) is 8.78 Å². The highest BCUT2D eigenvalue weighted by atomic mass is 35.5. The smallest absolute Gasteiger partial charge is 0.225 e. The molecule has 0 radical (unpaired) electrons. The Hall–Kier alpha value is -1.34. The van der Waals surface area contributed by atoms with Crippen LogP contribution in [0.25, 0.3) is 0 Å².